The van der Waals surface area contributed by atoms with Gasteiger partial charge in [0.1, 0.15) is 4.90 Å². The van der Waals surface area contributed by atoms with Crippen LogP contribution < -0.4 is 15.8 Å². The van der Waals surface area contributed by atoms with Crippen LogP contribution in [0.1, 0.15) is 6.42 Å². The lowest BCUT2D eigenvalue weighted by Gasteiger charge is -2.26. The fraction of sp³-hybridized carbons (Fsp3) is 0.600. The van der Waals surface area contributed by atoms with Crippen LogP contribution in [0.4, 0.5) is 0 Å². The highest BCUT2D eigenvalue weighted by Crippen LogP contribution is 2.04. The van der Waals surface area contributed by atoms with Crippen molar-refractivity contribution in [1.82, 2.24) is 19.9 Å². The molecule has 0 unspecified atom stereocenters. The van der Waals surface area contributed by atoms with E-state index >= 15 is 0 Å². The summed E-state index contributed by atoms with van der Waals surface area (Å²) in [6.07, 6.45) is 3.76. The minimum Gasteiger partial charge on any atom is -0.379 e. The number of hydrogen-bond acceptors (Lipinski definition) is 6. The van der Waals surface area contributed by atoms with E-state index in [1.54, 1.807) is 6.07 Å². The van der Waals surface area contributed by atoms with Crippen LogP contribution in [0.2, 0.25) is 0 Å². The molecule has 0 bridgehead atoms. The Hall–Kier alpha value is -1.75. The highest BCUT2D eigenvalue weighted by molar-refractivity contribution is 7.89. The highest BCUT2D eigenvalue weighted by Gasteiger charge is 2.12. The maximum absolute atomic E-state index is 12.0. The van der Waals surface area contributed by atoms with E-state index in [1.807, 2.05) is 0 Å². The van der Waals surface area contributed by atoms with Gasteiger partial charge in [-0.05, 0) is 18.6 Å². The molecule has 0 atom stereocenters. The summed E-state index contributed by atoms with van der Waals surface area (Å²) >= 11 is 0. The number of hydrogen-bond donors (Lipinski definition) is 3. The smallest absolute Gasteiger partial charge is 0.242 e. The van der Waals surface area contributed by atoms with Crippen LogP contribution in [0.3, 0.4) is 0 Å². The Labute approximate surface area is 148 Å². The van der Waals surface area contributed by atoms with Crippen molar-refractivity contribution < 1.29 is 13.2 Å². The average molecular weight is 370 g/mol. The number of rotatable bonds is 9. The molecule has 9 nitrogen and oxygen atoms in total. The number of pyridine rings is 1. The van der Waals surface area contributed by atoms with Crippen LogP contribution in [-0.4, -0.2) is 76.7 Å². The highest BCUT2D eigenvalue weighted by atomic mass is 32.2. The molecule has 2 heterocycles. The molecule has 0 amide bonds. The van der Waals surface area contributed by atoms with Gasteiger partial charge in [0.15, 0.2) is 5.96 Å². The topological polar surface area (TPSA) is 122 Å². The average Bonchev–Trinajstić information content (AvgIpc) is 2.64. The van der Waals surface area contributed by atoms with Crippen LogP contribution in [0.15, 0.2) is 34.4 Å². The summed E-state index contributed by atoms with van der Waals surface area (Å²) in [6.45, 7) is 5.70. The fourth-order valence-electron chi connectivity index (χ4n) is 2.34. The normalized spacial score (nSPS) is 16.7. The molecule has 1 aliphatic heterocycles. The van der Waals surface area contributed by atoms with Crippen molar-refractivity contribution in [3.8, 4) is 0 Å². The van der Waals surface area contributed by atoms with Crippen molar-refractivity contribution in [3.05, 3.63) is 24.5 Å². The molecule has 0 spiro atoms. The monoisotopic (exact) mass is 370 g/mol. The summed E-state index contributed by atoms with van der Waals surface area (Å²) in [5.41, 5.74) is 5.77. The van der Waals surface area contributed by atoms with Crippen LogP contribution in [-0.2, 0) is 14.8 Å². The van der Waals surface area contributed by atoms with Crippen LogP contribution >= 0.6 is 0 Å². The summed E-state index contributed by atoms with van der Waals surface area (Å²) in [7, 11) is -3.54. The van der Waals surface area contributed by atoms with Crippen molar-refractivity contribution in [3.63, 3.8) is 0 Å². The Morgan fingerprint density at radius 2 is 2.16 bits per heavy atom. The third-order valence-corrected chi connectivity index (χ3v) is 5.13. The van der Waals surface area contributed by atoms with Gasteiger partial charge in [-0.2, -0.15) is 0 Å². The molecule has 4 N–H and O–H groups in total. The second kappa shape index (κ2) is 10.3. The fourth-order valence-corrected chi connectivity index (χ4v) is 3.33. The van der Waals surface area contributed by atoms with E-state index in [1.165, 1.54) is 18.5 Å². The number of guanidine groups is 1. The second-order valence-corrected chi connectivity index (χ2v) is 7.35. The summed E-state index contributed by atoms with van der Waals surface area (Å²) in [6, 6.07) is 3.07. The number of nitrogens with one attached hydrogen (secondary N) is 2. The quantitative estimate of drug-likeness (QED) is 0.289. The van der Waals surface area contributed by atoms with Gasteiger partial charge < -0.3 is 15.8 Å². The first-order valence-corrected chi connectivity index (χ1v) is 9.80. The Bertz CT molecular complexity index is 632. The summed E-state index contributed by atoms with van der Waals surface area (Å²) < 4.78 is 31.7. The predicted molar refractivity (Wildman–Crippen MR) is 95.8 cm³/mol. The molecule has 10 heteroatoms. The molecular weight excluding hydrogens is 344 g/mol. The molecule has 0 aliphatic carbocycles. The Morgan fingerprint density at radius 3 is 2.88 bits per heavy atom. The minimum atomic E-state index is -3.54. The van der Waals surface area contributed by atoms with E-state index in [-0.39, 0.29) is 11.4 Å². The van der Waals surface area contributed by atoms with Crippen molar-refractivity contribution in [1.29, 1.82) is 0 Å². The van der Waals surface area contributed by atoms with Gasteiger partial charge in [-0.15, -0.1) is 0 Å². The van der Waals surface area contributed by atoms with E-state index < -0.39 is 10.0 Å². The maximum atomic E-state index is 12.0. The van der Waals surface area contributed by atoms with Gasteiger partial charge in [0.05, 0.1) is 13.2 Å². The predicted octanol–water partition coefficient (Wildman–Crippen LogP) is -1.01. The lowest BCUT2D eigenvalue weighted by molar-refractivity contribution is 0.0377. The molecule has 1 fully saturated rings. The summed E-state index contributed by atoms with van der Waals surface area (Å²) in [5.74, 6) is 0.322. The summed E-state index contributed by atoms with van der Waals surface area (Å²) in [5, 5.41) is 2.90. The SMILES string of the molecule is NC(=NCCCN1CCOCC1)NCCNS(=O)(=O)c1cccnc1. The number of aromatic nitrogens is 1. The number of ether oxygens (including phenoxy) is 1. The van der Waals surface area contributed by atoms with Gasteiger partial charge in [0.2, 0.25) is 10.0 Å². The van der Waals surface area contributed by atoms with Crippen molar-refractivity contribution in [2.45, 2.75) is 11.3 Å². The van der Waals surface area contributed by atoms with E-state index in [4.69, 9.17) is 10.5 Å². The Kier molecular flexibility index (Phi) is 8.06. The number of sulfonamides is 1. The van der Waals surface area contributed by atoms with Crippen molar-refractivity contribution >= 4 is 16.0 Å². The van der Waals surface area contributed by atoms with Gasteiger partial charge >= 0.3 is 0 Å². The molecule has 140 valence electrons. The molecule has 0 saturated carbocycles. The van der Waals surface area contributed by atoms with Gasteiger partial charge in [-0.25, -0.2) is 13.1 Å². The zero-order chi connectivity index (χ0) is 18.0. The molecule has 2 rings (SSSR count). The molecule has 1 aromatic heterocycles. The number of nitrogens with two attached hydrogens (primary N) is 1. The first kappa shape index (κ1) is 19.6. The van der Waals surface area contributed by atoms with Gasteiger partial charge in [-0.1, -0.05) is 0 Å². The van der Waals surface area contributed by atoms with Gasteiger partial charge in [-0.3, -0.25) is 14.9 Å². The molecule has 1 saturated heterocycles. The Balaban J connectivity index is 1.59. The number of nitrogens with zero attached hydrogens (tertiary/aromatic N) is 3. The van der Waals surface area contributed by atoms with Crippen LogP contribution in [0.5, 0.6) is 0 Å². The first-order chi connectivity index (χ1) is 12.1. The Morgan fingerprint density at radius 1 is 1.36 bits per heavy atom. The molecule has 1 aliphatic rings. The zero-order valence-electron chi connectivity index (χ0n) is 14.2. The van der Waals surface area contributed by atoms with Gasteiger partial charge in [0.25, 0.3) is 0 Å². The third kappa shape index (κ3) is 7.34. The van der Waals surface area contributed by atoms with E-state index in [0.717, 1.165) is 39.3 Å². The lowest BCUT2D eigenvalue weighted by atomic mass is 10.3. The minimum absolute atomic E-state index is 0.139. The van der Waals surface area contributed by atoms with E-state index in [2.05, 4.69) is 24.9 Å². The second-order valence-electron chi connectivity index (χ2n) is 5.59. The molecule has 25 heavy (non-hydrogen) atoms. The van der Waals surface area contributed by atoms with E-state index in [9.17, 15) is 8.42 Å². The maximum Gasteiger partial charge on any atom is 0.242 e. The molecule has 1 aromatic rings. The third-order valence-electron chi connectivity index (χ3n) is 3.69. The lowest BCUT2D eigenvalue weighted by Crippen LogP contribution is -2.39. The van der Waals surface area contributed by atoms with Crippen molar-refractivity contribution in [2.75, 3.05) is 52.5 Å². The largest absolute Gasteiger partial charge is 0.379 e. The zero-order valence-corrected chi connectivity index (χ0v) is 15.0. The molecule has 0 aromatic carbocycles. The van der Waals surface area contributed by atoms with Gasteiger partial charge in [0, 0.05) is 51.7 Å². The summed E-state index contributed by atoms with van der Waals surface area (Å²) in [4.78, 5) is 10.5. The van der Waals surface area contributed by atoms with E-state index in [0.29, 0.717) is 19.0 Å². The number of aliphatic imine (C=N–C) groups is 1. The first-order valence-electron chi connectivity index (χ1n) is 8.31. The molecule has 0 radical (unpaired) electrons. The van der Waals surface area contributed by atoms with Crippen molar-refractivity contribution in [2.24, 2.45) is 10.7 Å². The molecular formula is C15H26N6O3S. The van der Waals surface area contributed by atoms with Crippen LogP contribution in [0, 0.1) is 0 Å². The standard InChI is InChI=1S/C15H26N6O3S/c16-15(18-5-2-8-21-9-11-24-12-10-21)19-6-7-20-25(22,23)14-3-1-4-17-13-14/h1,3-4,13,20H,2,5-12H2,(H3,16,18,19). The van der Waals surface area contributed by atoms with Crippen LogP contribution in [0.25, 0.3) is 0 Å². The number of morpholine rings is 1.